The number of hydrogen-bond acceptors (Lipinski definition) is 4. The van der Waals surface area contributed by atoms with Crippen molar-refractivity contribution in [2.75, 3.05) is 0 Å². The standard InChI is InChI=1S/C25H23ClF2N4O2/c1-14(33)32-25(2,3)15-7-9-16(10-8-15)34-24-30-22-13-18(26)21(29-23(22)31-24)12-11-17-19(27)5-4-6-20(17)28/h4-10,13H,11-12H2,1-3H3,(H,32,33)(H,29,30,31). The number of H-pyrrole nitrogens is 1. The summed E-state index contributed by atoms with van der Waals surface area (Å²) in [7, 11) is 0. The van der Waals surface area contributed by atoms with E-state index < -0.39 is 17.2 Å². The fourth-order valence-corrected chi connectivity index (χ4v) is 3.98. The molecule has 2 N–H and O–H groups in total. The highest BCUT2D eigenvalue weighted by Gasteiger charge is 2.21. The summed E-state index contributed by atoms with van der Waals surface area (Å²) in [6, 6.07) is 12.9. The molecule has 0 radical (unpaired) electrons. The third-order valence-corrected chi connectivity index (χ3v) is 5.76. The average Bonchev–Trinajstić information content (AvgIpc) is 3.13. The number of nitrogens with one attached hydrogen (secondary N) is 2. The Bertz CT molecular complexity index is 1330. The Kier molecular flexibility index (Phi) is 6.52. The SMILES string of the molecule is CC(=O)NC(C)(C)c1ccc(Oc2nc3nc(CCc4c(F)cccc4F)c(Cl)cc3[nH]2)cc1. The third-order valence-electron chi connectivity index (χ3n) is 5.43. The Labute approximate surface area is 200 Å². The average molecular weight is 485 g/mol. The van der Waals surface area contributed by atoms with Crippen LogP contribution in [-0.4, -0.2) is 20.9 Å². The minimum atomic E-state index is -0.598. The number of halogens is 3. The van der Waals surface area contributed by atoms with Gasteiger partial charge in [0.1, 0.15) is 17.4 Å². The second-order valence-electron chi connectivity index (χ2n) is 8.46. The lowest BCUT2D eigenvalue weighted by molar-refractivity contribution is -0.120. The van der Waals surface area contributed by atoms with Crippen molar-refractivity contribution in [2.45, 2.75) is 39.2 Å². The van der Waals surface area contributed by atoms with E-state index in [4.69, 9.17) is 16.3 Å². The zero-order valence-corrected chi connectivity index (χ0v) is 19.6. The molecule has 0 aliphatic heterocycles. The summed E-state index contributed by atoms with van der Waals surface area (Å²) in [5.74, 6) is -0.766. The summed E-state index contributed by atoms with van der Waals surface area (Å²) < 4.78 is 33.7. The molecule has 4 rings (SSSR count). The molecular weight excluding hydrogens is 462 g/mol. The molecule has 6 nitrogen and oxygen atoms in total. The van der Waals surface area contributed by atoms with Crippen molar-refractivity contribution >= 4 is 28.7 Å². The fourth-order valence-electron chi connectivity index (χ4n) is 3.73. The van der Waals surface area contributed by atoms with Gasteiger partial charge in [0.25, 0.3) is 0 Å². The molecule has 4 aromatic rings. The summed E-state index contributed by atoms with van der Waals surface area (Å²) in [6.45, 7) is 5.30. The summed E-state index contributed by atoms with van der Waals surface area (Å²) in [5.41, 5.74) is 1.84. The van der Waals surface area contributed by atoms with Gasteiger partial charge in [-0.05, 0) is 62.6 Å². The lowest BCUT2D eigenvalue weighted by atomic mass is 9.94. The first-order valence-electron chi connectivity index (χ1n) is 10.7. The van der Waals surface area contributed by atoms with E-state index >= 15 is 0 Å². The van der Waals surface area contributed by atoms with Crippen molar-refractivity contribution in [2.24, 2.45) is 0 Å². The van der Waals surface area contributed by atoms with Crippen LogP contribution in [0.5, 0.6) is 11.8 Å². The topological polar surface area (TPSA) is 79.9 Å². The summed E-state index contributed by atoms with van der Waals surface area (Å²) >= 11 is 6.35. The monoisotopic (exact) mass is 484 g/mol. The van der Waals surface area contributed by atoms with Crippen LogP contribution in [0, 0.1) is 11.6 Å². The quantitative estimate of drug-likeness (QED) is 0.345. The number of benzene rings is 2. The highest BCUT2D eigenvalue weighted by Crippen LogP contribution is 2.28. The molecule has 0 aliphatic carbocycles. The summed E-state index contributed by atoms with van der Waals surface area (Å²) in [6.07, 6.45) is 0.368. The number of imidazole rings is 1. The Balaban J connectivity index is 1.50. The van der Waals surface area contributed by atoms with Crippen LogP contribution in [0.4, 0.5) is 8.78 Å². The number of aromatic nitrogens is 3. The zero-order valence-electron chi connectivity index (χ0n) is 18.9. The van der Waals surface area contributed by atoms with Crippen LogP contribution in [0.25, 0.3) is 11.2 Å². The minimum Gasteiger partial charge on any atom is -0.426 e. The van der Waals surface area contributed by atoms with Crippen LogP contribution in [0.3, 0.4) is 0 Å². The van der Waals surface area contributed by atoms with Crippen molar-refractivity contribution < 1.29 is 18.3 Å². The van der Waals surface area contributed by atoms with E-state index in [9.17, 15) is 13.6 Å². The van der Waals surface area contributed by atoms with Gasteiger partial charge < -0.3 is 15.0 Å². The first kappa shape index (κ1) is 23.6. The molecule has 34 heavy (non-hydrogen) atoms. The molecule has 1 amide bonds. The second-order valence-corrected chi connectivity index (χ2v) is 8.87. The molecule has 0 unspecified atom stereocenters. The minimum absolute atomic E-state index is 0.00311. The molecule has 0 spiro atoms. The fraction of sp³-hybridized carbons (Fsp3) is 0.240. The molecule has 0 aliphatic rings. The number of amides is 1. The van der Waals surface area contributed by atoms with Crippen LogP contribution in [0.2, 0.25) is 5.02 Å². The van der Waals surface area contributed by atoms with Crippen LogP contribution < -0.4 is 10.1 Å². The van der Waals surface area contributed by atoms with E-state index in [0.717, 1.165) is 5.56 Å². The lowest BCUT2D eigenvalue weighted by Crippen LogP contribution is -2.39. The molecule has 2 aromatic carbocycles. The normalized spacial score (nSPS) is 11.6. The Morgan fingerprint density at radius 3 is 2.41 bits per heavy atom. The van der Waals surface area contributed by atoms with E-state index in [0.29, 0.717) is 27.6 Å². The molecule has 0 saturated heterocycles. The molecular formula is C25H23ClF2N4O2. The second kappa shape index (κ2) is 9.38. The number of aryl methyl sites for hydroxylation is 1. The van der Waals surface area contributed by atoms with Gasteiger partial charge in [0.15, 0.2) is 5.65 Å². The van der Waals surface area contributed by atoms with Crippen molar-refractivity contribution in [3.63, 3.8) is 0 Å². The Morgan fingerprint density at radius 2 is 1.76 bits per heavy atom. The maximum absolute atomic E-state index is 13.9. The zero-order chi connectivity index (χ0) is 24.5. The van der Waals surface area contributed by atoms with Crippen molar-refractivity contribution in [3.05, 3.63) is 82.0 Å². The van der Waals surface area contributed by atoms with Gasteiger partial charge in [-0.2, -0.15) is 4.98 Å². The molecule has 0 saturated carbocycles. The van der Waals surface area contributed by atoms with Crippen LogP contribution >= 0.6 is 11.6 Å². The number of ether oxygens (including phenoxy) is 1. The van der Waals surface area contributed by atoms with E-state index in [-0.39, 0.29) is 30.3 Å². The van der Waals surface area contributed by atoms with Gasteiger partial charge in [0.05, 0.1) is 21.8 Å². The number of pyridine rings is 1. The Morgan fingerprint density at radius 1 is 1.09 bits per heavy atom. The van der Waals surface area contributed by atoms with E-state index in [1.54, 1.807) is 18.2 Å². The summed E-state index contributed by atoms with van der Waals surface area (Å²) in [5, 5.41) is 3.26. The highest BCUT2D eigenvalue weighted by atomic mass is 35.5. The van der Waals surface area contributed by atoms with Gasteiger partial charge >= 0.3 is 6.01 Å². The molecule has 2 aromatic heterocycles. The third kappa shape index (κ3) is 5.17. The van der Waals surface area contributed by atoms with Gasteiger partial charge in [-0.25, -0.2) is 13.8 Å². The predicted molar refractivity (Wildman–Crippen MR) is 126 cm³/mol. The van der Waals surface area contributed by atoms with Gasteiger partial charge in [-0.1, -0.05) is 29.8 Å². The van der Waals surface area contributed by atoms with Crippen molar-refractivity contribution in [1.29, 1.82) is 0 Å². The molecule has 0 atom stereocenters. The number of fused-ring (bicyclic) bond motifs is 1. The first-order valence-corrected chi connectivity index (χ1v) is 11.1. The van der Waals surface area contributed by atoms with Gasteiger partial charge in [-0.3, -0.25) is 4.79 Å². The summed E-state index contributed by atoms with van der Waals surface area (Å²) in [4.78, 5) is 23.2. The smallest absolute Gasteiger partial charge is 0.301 e. The van der Waals surface area contributed by atoms with Crippen molar-refractivity contribution in [1.82, 2.24) is 20.3 Å². The maximum Gasteiger partial charge on any atom is 0.301 e. The highest BCUT2D eigenvalue weighted by molar-refractivity contribution is 6.31. The number of hydrogen-bond donors (Lipinski definition) is 2. The van der Waals surface area contributed by atoms with E-state index in [1.807, 2.05) is 26.0 Å². The van der Waals surface area contributed by atoms with Gasteiger partial charge in [-0.15, -0.1) is 0 Å². The molecule has 9 heteroatoms. The largest absolute Gasteiger partial charge is 0.426 e. The number of rotatable bonds is 7. The number of carbonyl (C=O) groups is 1. The number of carbonyl (C=O) groups excluding carboxylic acids is 1. The van der Waals surface area contributed by atoms with Crippen molar-refractivity contribution in [3.8, 4) is 11.8 Å². The van der Waals surface area contributed by atoms with Gasteiger partial charge in [0, 0.05) is 12.5 Å². The van der Waals surface area contributed by atoms with Crippen LogP contribution in [0.1, 0.15) is 37.6 Å². The molecule has 176 valence electrons. The number of nitrogens with zero attached hydrogens (tertiary/aromatic N) is 2. The van der Waals surface area contributed by atoms with E-state index in [1.165, 1.54) is 25.1 Å². The van der Waals surface area contributed by atoms with Crippen LogP contribution in [0.15, 0.2) is 48.5 Å². The van der Waals surface area contributed by atoms with Gasteiger partial charge in [0.2, 0.25) is 5.91 Å². The first-order chi connectivity index (χ1) is 16.1. The van der Waals surface area contributed by atoms with E-state index in [2.05, 4.69) is 20.3 Å². The van der Waals surface area contributed by atoms with Crippen LogP contribution in [-0.2, 0) is 23.2 Å². The molecule has 2 heterocycles. The predicted octanol–water partition coefficient (Wildman–Crippen LogP) is 5.84. The maximum atomic E-state index is 13.9. The molecule has 0 fully saturated rings. The molecule has 0 bridgehead atoms. The lowest BCUT2D eigenvalue weighted by Gasteiger charge is -2.26. The number of aromatic amines is 1. The Hall–Kier alpha value is -3.52.